The summed E-state index contributed by atoms with van der Waals surface area (Å²) in [5.41, 5.74) is 0. The van der Waals surface area contributed by atoms with E-state index in [-0.39, 0.29) is 6.10 Å². The summed E-state index contributed by atoms with van der Waals surface area (Å²) in [6, 6.07) is 0. The van der Waals surface area contributed by atoms with Crippen molar-refractivity contribution in [3.05, 3.63) is 24.3 Å². The Balaban J connectivity index is 3.26. The molecule has 0 aliphatic heterocycles. The molecule has 0 fully saturated rings. The Bertz CT molecular complexity index is 159. The molecule has 0 aromatic carbocycles. The fourth-order valence-electron chi connectivity index (χ4n) is 1.33. The van der Waals surface area contributed by atoms with Crippen LogP contribution >= 0.6 is 0 Å². The lowest BCUT2D eigenvalue weighted by Gasteiger charge is -2.01. The minimum absolute atomic E-state index is 0.264. The van der Waals surface area contributed by atoms with Crippen LogP contribution in [-0.2, 0) is 0 Å². The number of aliphatic hydroxyl groups excluding tert-OH is 1. The third-order valence-electron chi connectivity index (χ3n) is 2.18. The summed E-state index contributed by atoms with van der Waals surface area (Å²) in [5.74, 6) is 0. The first-order chi connectivity index (χ1) is 6.81. The van der Waals surface area contributed by atoms with E-state index in [1.165, 1.54) is 25.7 Å². The molecule has 0 bridgehead atoms. The van der Waals surface area contributed by atoms with E-state index in [9.17, 15) is 5.11 Å². The fourth-order valence-corrected chi connectivity index (χ4v) is 1.33. The summed E-state index contributed by atoms with van der Waals surface area (Å²) in [7, 11) is 0. The summed E-state index contributed by atoms with van der Waals surface area (Å²) in [5, 5.41) is 9.37. The third-order valence-corrected chi connectivity index (χ3v) is 2.18. The van der Waals surface area contributed by atoms with E-state index >= 15 is 0 Å². The van der Waals surface area contributed by atoms with Crippen molar-refractivity contribution in [2.45, 2.75) is 58.5 Å². The number of hydrogen-bond donors (Lipinski definition) is 1. The molecule has 0 saturated heterocycles. The lowest BCUT2D eigenvalue weighted by atomic mass is 10.1. The Hall–Kier alpha value is -0.560. The molecule has 0 saturated carbocycles. The maximum Gasteiger partial charge on any atom is 0.0723 e. The smallest absolute Gasteiger partial charge is 0.0723 e. The molecule has 14 heavy (non-hydrogen) atoms. The van der Waals surface area contributed by atoms with Crippen LogP contribution in [0.5, 0.6) is 0 Å². The minimum atomic E-state index is -0.264. The third kappa shape index (κ3) is 9.53. The number of hydrogen-bond acceptors (Lipinski definition) is 1. The Kier molecular flexibility index (Phi) is 10.1. The summed E-state index contributed by atoms with van der Waals surface area (Å²) in [4.78, 5) is 0. The van der Waals surface area contributed by atoms with E-state index in [0.717, 1.165) is 12.8 Å². The molecular weight excluding hydrogens is 172 g/mol. The predicted molar refractivity (Wildman–Crippen MR) is 63.3 cm³/mol. The molecule has 0 aromatic rings. The monoisotopic (exact) mass is 196 g/mol. The summed E-state index contributed by atoms with van der Waals surface area (Å²) in [6.45, 7) is 4.15. The van der Waals surface area contributed by atoms with Crippen molar-refractivity contribution in [2.75, 3.05) is 0 Å². The maximum atomic E-state index is 9.37. The fraction of sp³-hybridized carbons (Fsp3) is 0.692. The lowest BCUT2D eigenvalue weighted by Crippen LogP contribution is -1.99. The molecule has 0 aliphatic carbocycles. The van der Waals surface area contributed by atoms with Crippen molar-refractivity contribution in [3.63, 3.8) is 0 Å². The molecular formula is C13H24O. The van der Waals surface area contributed by atoms with Gasteiger partial charge in [0.15, 0.2) is 0 Å². The molecule has 1 atom stereocenters. The lowest BCUT2D eigenvalue weighted by molar-refractivity contribution is 0.214. The normalized spacial score (nSPS) is 14.2. The van der Waals surface area contributed by atoms with Crippen molar-refractivity contribution < 1.29 is 5.11 Å². The van der Waals surface area contributed by atoms with Gasteiger partial charge >= 0.3 is 0 Å². The molecule has 0 rings (SSSR count). The Morgan fingerprint density at radius 1 is 1.14 bits per heavy atom. The molecule has 0 aromatic heterocycles. The van der Waals surface area contributed by atoms with Crippen molar-refractivity contribution in [1.82, 2.24) is 0 Å². The Morgan fingerprint density at radius 2 is 1.86 bits per heavy atom. The van der Waals surface area contributed by atoms with Crippen molar-refractivity contribution >= 4 is 0 Å². The maximum absolute atomic E-state index is 9.37. The van der Waals surface area contributed by atoms with Gasteiger partial charge in [-0.2, -0.15) is 0 Å². The Morgan fingerprint density at radius 3 is 2.50 bits per heavy atom. The van der Waals surface area contributed by atoms with Gasteiger partial charge in [-0.05, 0) is 32.6 Å². The van der Waals surface area contributed by atoms with E-state index in [0.29, 0.717) is 0 Å². The first-order valence-electron chi connectivity index (χ1n) is 5.77. The van der Waals surface area contributed by atoms with E-state index in [1.54, 1.807) is 0 Å². The van der Waals surface area contributed by atoms with Gasteiger partial charge in [0, 0.05) is 0 Å². The zero-order chi connectivity index (χ0) is 10.6. The second-order valence-corrected chi connectivity index (χ2v) is 3.64. The first-order valence-corrected chi connectivity index (χ1v) is 5.77. The van der Waals surface area contributed by atoms with E-state index in [1.807, 2.05) is 19.1 Å². The van der Waals surface area contributed by atoms with Crippen LogP contribution in [0.1, 0.15) is 52.4 Å². The molecule has 1 heteroatoms. The zero-order valence-corrected chi connectivity index (χ0v) is 9.58. The number of allylic oxidation sites excluding steroid dienone is 3. The van der Waals surface area contributed by atoms with Gasteiger partial charge in [-0.25, -0.2) is 0 Å². The predicted octanol–water partition coefficient (Wildman–Crippen LogP) is 3.84. The summed E-state index contributed by atoms with van der Waals surface area (Å²) >= 11 is 0. The minimum Gasteiger partial charge on any atom is -0.389 e. The van der Waals surface area contributed by atoms with Gasteiger partial charge in [0.1, 0.15) is 0 Å². The van der Waals surface area contributed by atoms with Crippen LogP contribution < -0.4 is 0 Å². The van der Waals surface area contributed by atoms with Gasteiger partial charge < -0.3 is 5.11 Å². The SMILES string of the molecule is CC=CC(O)CCC=CCCCCC. The van der Waals surface area contributed by atoms with Crippen LogP contribution in [0.4, 0.5) is 0 Å². The highest BCUT2D eigenvalue weighted by Gasteiger charge is 1.94. The average Bonchev–Trinajstić information content (AvgIpc) is 2.17. The zero-order valence-electron chi connectivity index (χ0n) is 9.58. The van der Waals surface area contributed by atoms with Gasteiger partial charge in [-0.1, -0.05) is 44.1 Å². The average molecular weight is 196 g/mol. The van der Waals surface area contributed by atoms with Gasteiger partial charge in [-0.3, -0.25) is 0 Å². The topological polar surface area (TPSA) is 20.2 Å². The Labute approximate surface area is 88.5 Å². The summed E-state index contributed by atoms with van der Waals surface area (Å²) < 4.78 is 0. The van der Waals surface area contributed by atoms with Crippen LogP contribution in [0.25, 0.3) is 0 Å². The van der Waals surface area contributed by atoms with Crippen LogP contribution in [-0.4, -0.2) is 11.2 Å². The summed E-state index contributed by atoms with van der Waals surface area (Å²) in [6.07, 6.45) is 14.8. The second kappa shape index (κ2) is 10.5. The molecule has 1 unspecified atom stereocenters. The van der Waals surface area contributed by atoms with Crippen LogP contribution in [0.2, 0.25) is 0 Å². The number of aliphatic hydroxyl groups is 1. The molecule has 0 heterocycles. The van der Waals surface area contributed by atoms with Crippen molar-refractivity contribution in [3.8, 4) is 0 Å². The van der Waals surface area contributed by atoms with Crippen molar-refractivity contribution in [1.29, 1.82) is 0 Å². The molecule has 0 radical (unpaired) electrons. The van der Waals surface area contributed by atoms with E-state index in [2.05, 4.69) is 19.1 Å². The van der Waals surface area contributed by atoms with Gasteiger partial charge in [0.25, 0.3) is 0 Å². The molecule has 0 aliphatic rings. The van der Waals surface area contributed by atoms with Crippen LogP contribution in [0, 0.1) is 0 Å². The highest BCUT2D eigenvalue weighted by atomic mass is 16.3. The second-order valence-electron chi connectivity index (χ2n) is 3.64. The van der Waals surface area contributed by atoms with Gasteiger partial charge in [0.2, 0.25) is 0 Å². The molecule has 1 N–H and O–H groups in total. The quantitative estimate of drug-likeness (QED) is 0.462. The van der Waals surface area contributed by atoms with Crippen LogP contribution in [0.15, 0.2) is 24.3 Å². The molecule has 82 valence electrons. The van der Waals surface area contributed by atoms with Crippen LogP contribution in [0.3, 0.4) is 0 Å². The largest absolute Gasteiger partial charge is 0.389 e. The number of unbranched alkanes of at least 4 members (excludes halogenated alkanes) is 3. The van der Waals surface area contributed by atoms with Crippen molar-refractivity contribution in [2.24, 2.45) is 0 Å². The highest BCUT2D eigenvalue weighted by Crippen LogP contribution is 2.03. The van der Waals surface area contributed by atoms with E-state index < -0.39 is 0 Å². The standard InChI is InChI=1S/C13H24O/c1-3-5-6-7-8-9-10-12-13(14)11-4-2/h4,8-9,11,13-14H,3,5-7,10,12H2,1-2H3. The first kappa shape index (κ1) is 13.4. The van der Waals surface area contributed by atoms with Gasteiger partial charge in [-0.15, -0.1) is 0 Å². The number of rotatable bonds is 8. The van der Waals surface area contributed by atoms with Gasteiger partial charge in [0.05, 0.1) is 6.10 Å². The molecule has 0 amide bonds. The molecule has 1 nitrogen and oxygen atoms in total. The highest BCUT2D eigenvalue weighted by molar-refractivity contribution is 4.88. The molecule has 0 spiro atoms. The van der Waals surface area contributed by atoms with E-state index in [4.69, 9.17) is 0 Å².